The minimum Gasteiger partial charge on any atom is -0.385 e. The fraction of sp³-hybridized carbons (Fsp3) is 0.400. The van der Waals surface area contributed by atoms with Gasteiger partial charge in [-0.15, -0.1) is 0 Å². The van der Waals surface area contributed by atoms with Crippen molar-refractivity contribution in [2.75, 3.05) is 0 Å². The Kier molecular flexibility index (Phi) is 3.97. The average molecular weight is 279 g/mol. The molecule has 1 aromatic carbocycles. The average Bonchev–Trinajstić information content (AvgIpc) is 2.68. The van der Waals surface area contributed by atoms with Crippen LogP contribution in [0.1, 0.15) is 30.8 Å². The van der Waals surface area contributed by atoms with E-state index in [2.05, 4.69) is 5.10 Å². The molecule has 0 aliphatic carbocycles. The van der Waals surface area contributed by atoms with Crippen LogP contribution in [0.15, 0.2) is 30.3 Å². The van der Waals surface area contributed by atoms with Crippen molar-refractivity contribution in [1.82, 2.24) is 9.78 Å². The van der Waals surface area contributed by atoms with Crippen LogP contribution in [0.3, 0.4) is 0 Å². The molecule has 0 bridgehead atoms. The van der Waals surface area contributed by atoms with Gasteiger partial charge in [-0.3, -0.25) is 4.68 Å². The smallest absolute Gasteiger partial charge is 0.0924 e. The van der Waals surface area contributed by atoms with Crippen molar-refractivity contribution >= 4 is 11.6 Å². The van der Waals surface area contributed by atoms with Gasteiger partial charge < -0.3 is 5.11 Å². The summed E-state index contributed by atoms with van der Waals surface area (Å²) in [5.74, 6) is 0. The Balaban J connectivity index is 2.30. The minimum absolute atomic E-state index is 0.516. The van der Waals surface area contributed by atoms with E-state index in [1.807, 2.05) is 42.8 Å². The van der Waals surface area contributed by atoms with Crippen LogP contribution in [0.2, 0.25) is 5.02 Å². The third-order valence-electron chi connectivity index (χ3n) is 3.26. The molecule has 0 spiro atoms. The Morgan fingerprint density at radius 1 is 1.37 bits per heavy atom. The first-order valence-electron chi connectivity index (χ1n) is 6.44. The van der Waals surface area contributed by atoms with E-state index in [1.165, 1.54) is 0 Å². The number of hydrogen-bond donors (Lipinski definition) is 1. The largest absolute Gasteiger partial charge is 0.385 e. The van der Waals surface area contributed by atoms with Crippen molar-refractivity contribution in [3.05, 3.63) is 52.3 Å². The number of aliphatic hydroxyl groups is 1. The highest BCUT2D eigenvalue weighted by Gasteiger charge is 2.25. The molecular formula is C15H19ClN2O. The van der Waals surface area contributed by atoms with Gasteiger partial charge in [-0.25, -0.2) is 0 Å². The van der Waals surface area contributed by atoms with E-state index in [4.69, 9.17) is 11.6 Å². The Morgan fingerprint density at radius 2 is 2.11 bits per heavy atom. The third-order valence-corrected chi connectivity index (χ3v) is 3.49. The Morgan fingerprint density at radius 3 is 2.74 bits per heavy atom. The standard InChI is InChI=1S/C15H19ClN2O/c1-4-18-14(8-11(2)17-18)10-15(3,19)12-6-5-7-13(16)9-12/h5-9,19H,4,10H2,1-3H3. The van der Waals surface area contributed by atoms with Crippen molar-refractivity contribution < 1.29 is 5.11 Å². The van der Waals surface area contributed by atoms with Crippen LogP contribution in [-0.2, 0) is 18.6 Å². The van der Waals surface area contributed by atoms with E-state index in [0.29, 0.717) is 11.4 Å². The van der Waals surface area contributed by atoms with E-state index in [-0.39, 0.29) is 0 Å². The SMILES string of the molecule is CCn1nc(C)cc1CC(C)(O)c1cccc(Cl)c1. The first-order valence-corrected chi connectivity index (χ1v) is 6.82. The minimum atomic E-state index is -0.954. The number of aromatic nitrogens is 2. The molecule has 2 aromatic rings. The highest BCUT2D eigenvalue weighted by atomic mass is 35.5. The third kappa shape index (κ3) is 3.17. The van der Waals surface area contributed by atoms with Crippen LogP contribution in [0.4, 0.5) is 0 Å². The molecule has 0 fully saturated rings. The van der Waals surface area contributed by atoms with Gasteiger partial charge in [0.15, 0.2) is 0 Å². The number of nitrogens with zero attached hydrogens (tertiary/aromatic N) is 2. The molecular weight excluding hydrogens is 260 g/mol. The maximum atomic E-state index is 10.7. The summed E-state index contributed by atoms with van der Waals surface area (Å²) in [6.07, 6.45) is 0.516. The zero-order chi connectivity index (χ0) is 14.0. The van der Waals surface area contributed by atoms with Gasteiger partial charge in [0.25, 0.3) is 0 Å². The fourth-order valence-electron chi connectivity index (χ4n) is 2.29. The lowest BCUT2D eigenvalue weighted by molar-refractivity contribution is 0.0554. The molecule has 2 rings (SSSR count). The normalized spacial score (nSPS) is 14.4. The summed E-state index contributed by atoms with van der Waals surface area (Å²) in [5, 5.41) is 15.7. The van der Waals surface area contributed by atoms with Crippen molar-refractivity contribution in [3.63, 3.8) is 0 Å². The summed E-state index contributed by atoms with van der Waals surface area (Å²) in [5.41, 5.74) is 1.87. The van der Waals surface area contributed by atoms with Gasteiger partial charge in [0, 0.05) is 23.7 Å². The topological polar surface area (TPSA) is 38.0 Å². The molecule has 0 aliphatic heterocycles. The molecule has 3 nitrogen and oxygen atoms in total. The van der Waals surface area contributed by atoms with Crippen molar-refractivity contribution in [2.45, 2.75) is 39.3 Å². The Hall–Kier alpha value is -1.32. The highest BCUT2D eigenvalue weighted by Crippen LogP contribution is 2.27. The van der Waals surface area contributed by atoms with E-state index in [9.17, 15) is 5.11 Å². The first kappa shape index (κ1) is 14.1. The number of hydrogen-bond acceptors (Lipinski definition) is 2. The second-order valence-electron chi connectivity index (χ2n) is 5.05. The second kappa shape index (κ2) is 5.35. The van der Waals surface area contributed by atoms with Crippen LogP contribution in [0.25, 0.3) is 0 Å². The number of aryl methyl sites for hydroxylation is 2. The molecule has 1 unspecified atom stereocenters. The van der Waals surface area contributed by atoms with Crippen molar-refractivity contribution in [3.8, 4) is 0 Å². The Labute approximate surface area is 118 Å². The summed E-state index contributed by atoms with van der Waals surface area (Å²) >= 11 is 5.99. The van der Waals surface area contributed by atoms with Crippen LogP contribution in [-0.4, -0.2) is 14.9 Å². The summed E-state index contributed by atoms with van der Waals surface area (Å²) in [7, 11) is 0. The summed E-state index contributed by atoms with van der Waals surface area (Å²) < 4.78 is 1.92. The lowest BCUT2D eigenvalue weighted by Crippen LogP contribution is -2.25. The highest BCUT2D eigenvalue weighted by molar-refractivity contribution is 6.30. The lowest BCUT2D eigenvalue weighted by atomic mass is 9.91. The lowest BCUT2D eigenvalue weighted by Gasteiger charge is -2.24. The number of benzene rings is 1. The molecule has 1 N–H and O–H groups in total. The Bertz CT molecular complexity index is 575. The molecule has 0 saturated heterocycles. The van der Waals surface area contributed by atoms with Gasteiger partial charge in [-0.05, 0) is 44.5 Å². The molecule has 19 heavy (non-hydrogen) atoms. The van der Waals surface area contributed by atoms with Gasteiger partial charge in [-0.2, -0.15) is 5.10 Å². The second-order valence-corrected chi connectivity index (χ2v) is 5.49. The van der Waals surface area contributed by atoms with E-state index >= 15 is 0 Å². The first-order chi connectivity index (χ1) is 8.92. The van der Waals surface area contributed by atoms with Crippen molar-refractivity contribution in [1.29, 1.82) is 0 Å². The molecule has 1 heterocycles. The zero-order valence-corrected chi connectivity index (χ0v) is 12.3. The van der Waals surface area contributed by atoms with Crippen LogP contribution >= 0.6 is 11.6 Å². The van der Waals surface area contributed by atoms with Crippen LogP contribution < -0.4 is 0 Å². The van der Waals surface area contributed by atoms with Crippen LogP contribution in [0, 0.1) is 6.92 Å². The fourth-order valence-corrected chi connectivity index (χ4v) is 2.48. The summed E-state index contributed by atoms with van der Waals surface area (Å²) in [4.78, 5) is 0. The molecule has 102 valence electrons. The number of halogens is 1. The summed E-state index contributed by atoms with van der Waals surface area (Å²) in [6.45, 7) is 6.61. The molecule has 0 radical (unpaired) electrons. The predicted molar refractivity (Wildman–Crippen MR) is 77.4 cm³/mol. The predicted octanol–water partition coefficient (Wildman–Crippen LogP) is 3.32. The van der Waals surface area contributed by atoms with Gasteiger partial charge in [0.2, 0.25) is 0 Å². The molecule has 1 atom stereocenters. The molecule has 0 amide bonds. The number of rotatable bonds is 4. The summed E-state index contributed by atoms with van der Waals surface area (Å²) in [6, 6.07) is 9.38. The van der Waals surface area contributed by atoms with E-state index in [0.717, 1.165) is 23.5 Å². The van der Waals surface area contributed by atoms with Crippen LogP contribution in [0.5, 0.6) is 0 Å². The van der Waals surface area contributed by atoms with Crippen molar-refractivity contribution in [2.24, 2.45) is 0 Å². The van der Waals surface area contributed by atoms with Gasteiger partial charge in [0.1, 0.15) is 0 Å². The van der Waals surface area contributed by atoms with Gasteiger partial charge in [0.05, 0.1) is 11.3 Å². The molecule has 0 aliphatic rings. The van der Waals surface area contributed by atoms with Gasteiger partial charge >= 0.3 is 0 Å². The quantitative estimate of drug-likeness (QED) is 0.932. The molecule has 0 saturated carbocycles. The zero-order valence-electron chi connectivity index (χ0n) is 11.5. The van der Waals surface area contributed by atoms with E-state index < -0.39 is 5.60 Å². The van der Waals surface area contributed by atoms with Gasteiger partial charge in [-0.1, -0.05) is 23.7 Å². The monoisotopic (exact) mass is 278 g/mol. The van der Waals surface area contributed by atoms with E-state index in [1.54, 1.807) is 13.0 Å². The maximum Gasteiger partial charge on any atom is 0.0924 e. The maximum absolute atomic E-state index is 10.7. The molecule has 1 aromatic heterocycles. The molecule has 4 heteroatoms.